The number of halogens is 1. The summed E-state index contributed by atoms with van der Waals surface area (Å²) in [4.78, 5) is 12.6. The summed E-state index contributed by atoms with van der Waals surface area (Å²) in [7, 11) is 0. The number of benzene rings is 2. The van der Waals surface area contributed by atoms with E-state index in [1.165, 1.54) is 0 Å². The lowest BCUT2D eigenvalue weighted by molar-refractivity contribution is 0.103. The number of carbonyl (C=O) groups is 1. The molecule has 3 rings (SSSR count). The van der Waals surface area contributed by atoms with Crippen LogP contribution in [0.5, 0.6) is 5.75 Å². The molecule has 4 heteroatoms. The molecule has 2 aromatic carbocycles. The maximum absolute atomic E-state index is 12.6. The summed E-state index contributed by atoms with van der Waals surface area (Å²) in [5.41, 5.74) is 8.53. The second-order valence-corrected chi connectivity index (χ2v) is 5.37. The number of nitrogens with two attached hydrogens (primary N) is 1. The first-order chi connectivity index (χ1) is 9.16. The lowest BCUT2D eigenvalue weighted by Crippen LogP contribution is -2.07. The topological polar surface area (TPSA) is 52.3 Å². The van der Waals surface area contributed by atoms with Gasteiger partial charge in [0.1, 0.15) is 5.75 Å². The van der Waals surface area contributed by atoms with E-state index in [1.54, 1.807) is 18.2 Å². The molecule has 0 radical (unpaired) electrons. The fourth-order valence-corrected chi connectivity index (χ4v) is 2.63. The number of hydrogen-bond acceptors (Lipinski definition) is 3. The van der Waals surface area contributed by atoms with Gasteiger partial charge in [0.05, 0.1) is 12.2 Å². The van der Waals surface area contributed by atoms with Crippen molar-refractivity contribution in [2.75, 3.05) is 12.3 Å². The van der Waals surface area contributed by atoms with Crippen LogP contribution in [0.1, 0.15) is 21.5 Å². The Kier molecular flexibility index (Phi) is 3.03. The number of carbonyl (C=O) groups excluding carboxylic acids is 1. The molecule has 0 aromatic heterocycles. The van der Waals surface area contributed by atoms with Crippen LogP contribution in [0.3, 0.4) is 0 Å². The number of hydrogen-bond donors (Lipinski definition) is 1. The van der Waals surface area contributed by atoms with Crippen molar-refractivity contribution in [1.29, 1.82) is 0 Å². The first-order valence-corrected chi connectivity index (χ1v) is 6.80. The van der Waals surface area contributed by atoms with Gasteiger partial charge in [-0.2, -0.15) is 0 Å². The van der Waals surface area contributed by atoms with E-state index in [0.717, 1.165) is 16.5 Å². The molecule has 1 heterocycles. The van der Waals surface area contributed by atoms with Crippen LogP contribution in [-0.4, -0.2) is 12.4 Å². The van der Waals surface area contributed by atoms with E-state index in [2.05, 4.69) is 15.9 Å². The number of para-hydroxylation sites is 1. The molecule has 0 bridgehead atoms. The third-order valence-electron chi connectivity index (χ3n) is 3.22. The van der Waals surface area contributed by atoms with Gasteiger partial charge in [-0.15, -0.1) is 0 Å². The van der Waals surface area contributed by atoms with Gasteiger partial charge in [0.15, 0.2) is 5.78 Å². The van der Waals surface area contributed by atoms with Gasteiger partial charge >= 0.3 is 0 Å². The lowest BCUT2D eigenvalue weighted by atomic mass is 9.99. The number of anilines is 1. The molecule has 19 heavy (non-hydrogen) atoms. The highest BCUT2D eigenvalue weighted by Crippen LogP contribution is 2.32. The van der Waals surface area contributed by atoms with E-state index >= 15 is 0 Å². The van der Waals surface area contributed by atoms with Crippen LogP contribution in [0.2, 0.25) is 0 Å². The molecule has 0 saturated heterocycles. The average Bonchev–Trinajstić information content (AvgIpc) is 2.89. The Morgan fingerprint density at radius 2 is 2.05 bits per heavy atom. The Balaban J connectivity index is 2.10. The largest absolute Gasteiger partial charge is 0.492 e. The fraction of sp³-hybridized carbons (Fsp3) is 0.133. The third-order valence-corrected chi connectivity index (χ3v) is 3.71. The highest BCUT2D eigenvalue weighted by atomic mass is 79.9. The molecule has 96 valence electrons. The first kappa shape index (κ1) is 12.2. The van der Waals surface area contributed by atoms with Crippen LogP contribution in [0.15, 0.2) is 40.9 Å². The van der Waals surface area contributed by atoms with E-state index in [4.69, 9.17) is 10.5 Å². The highest BCUT2D eigenvalue weighted by Gasteiger charge is 2.22. The summed E-state index contributed by atoms with van der Waals surface area (Å²) < 4.78 is 6.40. The van der Waals surface area contributed by atoms with Crippen molar-refractivity contribution in [2.45, 2.75) is 6.42 Å². The summed E-state index contributed by atoms with van der Waals surface area (Å²) in [5, 5.41) is 0. The molecule has 1 aliphatic rings. The minimum Gasteiger partial charge on any atom is -0.492 e. The van der Waals surface area contributed by atoms with Crippen molar-refractivity contribution in [3.05, 3.63) is 57.6 Å². The Bertz CT molecular complexity index is 667. The van der Waals surface area contributed by atoms with Crippen molar-refractivity contribution < 1.29 is 9.53 Å². The summed E-state index contributed by atoms with van der Waals surface area (Å²) in [6.07, 6.45) is 0.852. The minimum atomic E-state index is -0.0995. The second-order valence-electron chi connectivity index (χ2n) is 4.45. The predicted octanol–water partition coefficient (Wildman–Crippen LogP) is 3.20. The monoisotopic (exact) mass is 317 g/mol. The van der Waals surface area contributed by atoms with E-state index in [-0.39, 0.29) is 5.78 Å². The van der Waals surface area contributed by atoms with Crippen LogP contribution in [0.4, 0.5) is 5.69 Å². The van der Waals surface area contributed by atoms with E-state index < -0.39 is 0 Å². The highest BCUT2D eigenvalue weighted by molar-refractivity contribution is 9.10. The van der Waals surface area contributed by atoms with Crippen LogP contribution in [0, 0.1) is 0 Å². The smallest absolute Gasteiger partial charge is 0.198 e. The zero-order valence-electron chi connectivity index (χ0n) is 10.2. The molecule has 1 aliphatic heterocycles. The first-order valence-electron chi connectivity index (χ1n) is 6.01. The fourth-order valence-electron chi connectivity index (χ4n) is 2.26. The minimum absolute atomic E-state index is 0.0995. The quantitative estimate of drug-likeness (QED) is 0.683. The summed E-state index contributed by atoms with van der Waals surface area (Å²) >= 11 is 3.36. The van der Waals surface area contributed by atoms with Crippen LogP contribution >= 0.6 is 15.9 Å². The van der Waals surface area contributed by atoms with E-state index in [0.29, 0.717) is 29.2 Å². The Morgan fingerprint density at radius 3 is 2.89 bits per heavy atom. The molecule has 0 saturated carbocycles. The zero-order chi connectivity index (χ0) is 13.4. The SMILES string of the molecule is Nc1ccc(Br)cc1C(=O)c1cccc2c1OCC2. The van der Waals surface area contributed by atoms with Gasteiger partial charge in [0.2, 0.25) is 0 Å². The van der Waals surface area contributed by atoms with Gasteiger partial charge in [-0.1, -0.05) is 28.1 Å². The van der Waals surface area contributed by atoms with Gasteiger partial charge < -0.3 is 10.5 Å². The summed E-state index contributed by atoms with van der Waals surface area (Å²) in [6.45, 7) is 0.633. The van der Waals surface area contributed by atoms with Gasteiger partial charge in [0, 0.05) is 22.1 Å². The molecular formula is C15H12BrNO2. The maximum atomic E-state index is 12.6. The molecule has 0 fully saturated rings. The molecule has 2 N–H and O–H groups in total. The van der Waals surface area contributed by atoms with Crippen molar-refractivity contribution in [1.82, 2.24) is 0 Å². The van der Waals surface area contributed by atoms with Gasteiger partial charge in [-0.25, -0.2) is 0 Å². The molecule has 3 nitrogen and oxygen atoms in total. The van der Waals surface area contributed by atoms with Gasteiger partial charge in [-0.05, 0) is 29.8 Å². The molecule has 0 atom stereocenters. The normalized spacial score (nSPS) is 12.9. The number of ketones is 1. The van der Waals surface area contributed by atoms with Crippen molar-refractivity contribution in [3.8, 4) is 5.75 Å². The number of rotatable bonds is 2. The maximum Gasteiger partial charge on any atom is 0.198 e. The molecule has 2 aromatic rings. The van der Waals surface area contributed by atoms with Gasteiger partial charge in [0.25, 0.3) is 0 Å². The standard InChI is InChI=1S/C15H12BrNO2/c16-10-4-5-13(17)12(8-10)14(18)11-3-1-2-9-6-7-19-15(9)11/h1-5,8H,6-7,17H2. The van der Waals surface area contributed by atoms with Crippen LogP contribution in [-0.2, 0) is 6.42 Å². The molecule has 0 unspecified atom stereocenters. The Labute approximate surface area is 119 Å². The Morgan fingerprint density at radius 1 is 1.21 bits per heavy atom. The number of nitrogen functional groups attached to an aromatic ring is 1. The Hall–Kier alpha value is -1.81. The van der Waals surface area contributed by atoms with Crippen molar-refractivity contribution in [3.63, 3.8) is 0 Å². The van der Waals surface area contributed by atoms with Crippen molar-refractivity contribution >= 4 is 27.4 Å². The molecule has 0 aliphatic carbocycles. The second kappa shape index (κ2) is 4.70. The van der Waals surface area contributed by atoms with E-state index in [1.807, 2.05) is 18.2 Å². The van der Waals surface area contributed by atoms with Crippen LogP contribution < -0.4 is 10.5 Å². The summed E-state index contributed by atoms with van der Waals surface area (Å²) in [6, 6.07) is 10.9. The van der Waals surface area contributed by atoms with Crippen LogP contribution in [0.25, 0.3) is 0 Å². The van der Waals surface area contributed by atoms with E-state index in [9.17, 15) is 4.79 Å². The van der Waals surface area contributed by atoms with Crippen molar-refractivity contribution in [2.24, 2.45) is 0 Å². The molecular weight excluding hydrogens is 306 g/mol. The molecule has 0 amide bonds. The van der Waals surface area contributed by atoms with Gasteiger partial charge in [-0.3, -0.25) is 4.79 Å². The number of fused-ring (bicyclic) bond motifs is 1. The zero-order valence-corrected chi connectivity index (χ0v) is 11.7. The predicted molar refractivity (Wildman–Crippen MR) is 77.6 cm³/mol. The summed E-state index contributed by atoms with van der Waals surface area (Å²) in [5.74, 6) is 0.601. The molecule has 0 spiro atoms. The third kappa shape index (κ3) is 2.12. The average molecular weight is 318 g/mol. The lowest BCUT2D eigenvalue weighted by Gasteiger charge is -2.09. The number of ether oxygens (including phenoxy) is 1.